The molecule has 5 nitrogen and oxygen atoms in total. The number of aromatic amines is 1. The number of nitrogens with zero attached hydrogens (tertiary/aromatic N) is 3. The third-order valence-corrected chi connectivity index (χ3v) is 2.22. The monoisotopic (exact) mass is 206 g/mol. The molecule has 0 aliphatic carbocycles. The van der Waals surface area contributed by atoms with E-state index in [1.807, 2.05) is 4.57 Å². The van der Waals surface area contributed by atoms with Crippen molar-refractivity contribution >= 4 is 0 Å². The van der Waals surface area contributed by atoms with Gasteiger partial charge in [-0.15, -0.1) is 0 Å². The molecule has 0 saturated heterocycles. The van der Waals surface area contributed by atoms with Gasteiger partial charge < -0.3 is 14.7 Å². The van der Waals surface area contributed by atoms with Crippen molar-refractivity contribution in [1.82, 2.24) is 19.5 Å². The van der Waals surface area contributed by atoms with Crippen molar-refractivity contribution in [3.63, 3.8) is 0 Å². The maximum atomic E-state index is 8.93. The number of hydrogen-bond acceptors (Lipinski definition) is 3. The van der Waals surface area contributed by atoms with Crippen LogP contribution in [0.2, 0.25) is 0 Å². The summed E-state index contributed by atoms with van der Waals surface area (Å²) >= 11 is 0. The molecule has 2 N–H and O–H groups in total. The maximum Gasteiger partial charge on any atom is 0.155 e. The van der Waals surface area contributed by atoms with Crippen LogP contribution in [0.4, 0.5) is 0 Å². The van der Waals surface area contributed by atoms with Crippen molar-refractivity contribution in [3.8, 4) is 11.5 Å². The first kappa shape index (κ1) is 9.92. The number of imidazole rings is 2. The summed E-state index contributed by atoms with van der Waals surface area (Å²) in [4.78, 5) is 11.3. The van der Waals surface area contributed by atoms with Gasteiger partial charge in [0, 0.05) is 6.54 Å². The molecule has 0 unspecified atom stereocenters. The lowest BCUT2D eigenvalue weighted by molar-refractivity contribution is 0.277. The Kier molecular flexibility index (Phi) is 2.82. The van der Waals surface area contributed by atoms with E-state index < -0.39 is 0 Å². The van der Waals surface area contributed by atoms with Crippen LogP contribution >= 0.6 is 0 Å². The predicted octanol–water partition coefficient (Wildman–Crippen LogP) is 1.18. The normalized spacial score (nSPS) is 10.8. The Morgan fingerprint density at radius 2 is 2.33 bits per heavy atom. The average molecular weight is 206 g/mol. The van der Waals surface area contributed by atoms with E-state index in [0.717, 1.165) is 24.5 Å². The van der Waals surface area contributed by atoms with E-state index in [2.05, 4.69) is 21.9 Å². The van der Waals surface area contributed by atoms with E-state index in [0.29, 0.717) is 5.69 Å². The lowest BCUT2D eigenvalue weighted by Crippen LogP contribution is -1.98. The number of aliphatic hydroxyl groups excluding tert-OH is 1. The van der Waals surface area contributed by atoms with Gasteiger partial charge in [0.05, 0.1) is 31.0 Å². The van der Waals surface area contributed by atoms with E-state index in [9.17, 15) is 0 Å². The number of rotatable bonds is 4. The first-order valence-electron chi connectivity index (χ1n) is 5.00. The van der Waals surface area contributed by atoms with Crippen molar-refractivity contribution in [2.75, 3.05) is 0 Å². The van der Waals surface area contributed by atoms with Crippen molar-refractivity contribution in [1.29, 1.82) is 0 Å². The zero-order chi connectivity index (χ0) is 10.7. The summed E-state index contributed by atoms with van der Waals surface area (Å²) in [5.41, 5.74) is 1.67. The molecule has 0 aliphatic rings. The van der Waals surface area contributed by atoms with Gasteiger partial charge in [0.15, 0.2) is 5.82 Å². The third-order valence-electron chi connectivity index (χ3n) is 2.22. The van der Waals surface area contributed by atoms with E-state index in [1.54, 1.807) is 18.7 Å². The fourth-order valence-corrected chi connectivity index (χ4v) is 1.51. The van der Waals surface area contributed by atoms with Crippen molar-refractivity contribution in [2.24, 2.45) is 0 Å². The summed E-state index contributed by atoms with van der Waals surface area (Å²) in [6.45, 7) is 3.02. The molecule has 2 heterocycles. The van der Waals surface area contributed by atoms with E-state index in [4.69, 9.17) is 5.11 Å². The van der Waals surface area contributed by atoms with Crippen molar-refractivity contribution in [3.05, 3.63) is 24.4 Å². The molecule has 0 aliphatic heterocycles. The zero-order valence-corrected chi connectivity index (χ0v) is 8.64. The van der Waals surface area contributed by atoms with Gasteiger partial charge in [-0.1, -0.05) is 6.92 Å². The topological polar surface area (TPSA) is 66.7 Å². The highest BCUT2D eigenvalue weighted by atomic mass is 16.3. The second-order valence-corrected chi connectivity index (χ2v) is 3.39. The highest BCUT2D eigenvalue weighted by Crippen LogP contribution is 2.15. The lowest BCUT2D eigenvalue weighted by Gasteiger charge is -2.03. The minimum Gasteiger partial charge on any atom is -0.390 e. The molecule has 0 aromatic carbocycles. The van der Waals surface area contributed by atoms with Gasteiger partial charge in [-0.05, 0) is 6.42 Å². The predicted molar refractivity (Wildman–Crippen MR) is 56.0 cm³/mol. The van der Waals surface area contributed by atoms with Gasteiger partial charge in [-0.25, -0.2) is 9.97 Å². The highest BCUT2D eigenvalue weighted by Gasteiger charge is 2.07. The van der Waals surface area contributed by atoms with Crippen LogP contribution in [0.1, 0.15) is 19.0 Å². The Bertz CT molecular complexity index is 432. The Labute approximate surface area is 87.8 Å². The molecule has 0 saturated carbocycles. The van der Waals surface area contributed by atoms with Crippen molar-refractivity contribution < 1.29 is 5.11 Å². The molecule has 5 heteroatoms. The van der Waals surface area contributed by atoms with Crippen LogP contribution in [0.5, 0.6) is 0 Å². The van der Waals surface area contributed by atoms with Crippen LogP contribution in [0.3, 0.4) is 0 Å². The first-order valence-corrected chi connectivity index (χ1v) is 5.00. The largest absolute Gasteiger partial charge is 0.390 e. The van der Waals surface area contributed by atoms with Crippen LogP contribution in [0.15, 0.2) is 18.7 Å². The highest BCUT2D eigenvalue weighted by molar-refractivity contribution is 5.48. The van der Waals surface area contributed by atoms with E-state index in [-0.39, 0.29) is 6.61 Å². The molecule has 0 fully saturated rings. The lowest BCUT2D eigenvalue weighted by atomic mass is 10.4. The quantitative estimate of drug-likeness (QED) is 0.789. The maximum absolute atomic E-state index is 8.93. The number of aliphatic hydroxyl groups is 1. The molecule has 0 bridgehead atoms. The summed E-state index contributed by atoms with van der Waals surface area (Å²) in [5, 5.41) is 8.93. The standard InChI is InChI=1S/C10H14N4O/c1-2-3-14-7-11-5-9(14)10-12-4-8(6-15)13-10/h4-5,7,15H,2-3,6H2,1H3,(H,12,13). The van der Waals surface area contributed by atoms with Gasteiger partial charge >= 0.3 is 0 Å². The fourth-order valence-electron chi connectivity index (χ4n) is 1.51. The van der Waals surface area contributed by atoms with Gasteiger partial charge in [0.2, 0.25) is 0 Å². The first-order chi connectivity index (χ1) is 7.35. The Morgan fingerprint density at radius 3 is 3.00 bits per heavy atom. The molecule has 15 heavy (non-hydrogen) atoms. The van der Waals surface area contributed by atoms with Crippen LogP contribution in [0.25, 0.3) is 11.5 Å². The molecule has 0 amide bonds. The Balaban J connectivity index is 2.31. The second kappa shape index (κ2) is 4.27. The third kappa shape index (κ3) is 1.92. The molecule has 80 valence electrons. The van der Waals surface area contributed by atoms with Crippen LogP contribution in [0, 0.1) is 0 Å². The molecule has 0 radical (unpaired) electrons. The van der Waals surface area contributed by atoms with E-state index in [1.165, 1.54) is 0 Å². The van der Waals surface area contributed by atoms with E-state index >= 15 is 0 Å². The Morgan fingerprint density at radius 1 is 1.47 bits per heavy atom. The summed E-state index contributed by atoms with van der Waals surface area (Å²) in [7, 11) is 0. The summed E-state index contributed by atoms with van der Waals surface area (Å²) in [6.07, 6.45) is 6.26. The summed E-state index contributed by atoms with van der Waals surface area (Å²) < 4.78 is 2.04. The number of nitrogens with one attached hydrogen (secondary N) is 1. The minimum atomic E-state index is -0.0189. The number of aryl methyl sites for hydroxylation is 1. The summed E-state index contributed by atoms with van der Waals surface area (Å²) in [5.74, 6) is 0.755. The molecule has 2 aromatic heterocycles. The van der Waals surface area contributed by atoms with Gasteiger partial charge in [0.25, 0.3) is 0 Å². The number of H-pyrrole nitrogens is 1. The average Bonchev–Trinajstić information content (AvgIpc) is 2.85. The molecular weight excluding hydrogens is 192 g/mol. The summed E-state index contributed by atoms with van der Waals surface area (Å²) in [6, 6.07) is 0. The Hall–Kier alpha value is -1.62. The second-order valence-electron chi connectivity index (χ2n) is 3.39. The van der Waals surface area contributed by atoms with Gasteiger partial charge in [0.1, 0.15) is 5.69 Å². The van der Waals surface area contributed by atoms with Crippen LogP contribution in [-0.2, 0) is 13.2 Å². The molecule has 2 aromatic rings. The minimum absolute atomic E-state index is 0.0189. The molecule has 2 rings (SSSR count). The molecule has 0 spiro atoms. The van der Waals surface area contributed by atoms with Crippen LogP contribution in [-0.4, -0.2) is 24.6 Å². The smallest absolute Gasteiger partial charge is 0.155 e. The fraction of sp³-hybridized carbons (Fsp3) is 0.400. The SMILES string of the molecule is CCCn1cncc1-c1ncc(CO)[nH]1. The molecular formula is C10H14N4O. The van der Waals surface area contributed by atoms with Gasteiger partial charge in [-0.2, -0.15) is 0 Å². The molecule has 0 atom stereocenters. The zero-order valence-electron chi connectivity index (χ0n) is 8.64. The number of aromatic nitrogens is 4. The van der Waals surface area contributed by atoms with Crippen molar-refractivity contribution in [2.45, 2.75) is 26.5 Å². The van der Waals surface area contributed by atoms with Gasteiger partial charge in [-0.3, -0.25) is 0 Å². The number of hydrogen-bond donors (Lipinski definition) is 2. The van der Waals surface area contributed by atoms with Crippen LogP contribution < -0.4 is 0 Å².